The standard InChI is InChI=1S/C36H40N2O9/c1-19-12-13-34(3)26(35(19,4)18-44-20(2)39)16-27(46-32(42)22-10-8-21(9-11-22)31(37)41)36(5)30(34)29(40)28-25(47-36)15-24(45-33(28)43)23-7-6-14-38-17-23/h6-11,14-15,17,19,26-27,29-30,40H,12-13,16,18H2,1-5H3,(H2,37,41)/t19?,26?,27-,29-,30?,34-,35+,36+/m0/s1. The molecule has 1 amide bonds. The van der Waals surface area contributed by atoms with Crippen molar-refractivity contribution in [3.05, 3.63) is 82.0 Å². The number of nitrogens with zero attached hydrogens (tertiary/aromatic N) is 1. The van der Waals surface area contributed by atoms with Crippen molar-refractivity contribution < 1.29 is 38.1 Å². The first kappa shape index (κ1) is 32.4. The quantitative estimate of drug-likeness (QED) is 0.354. The van der Waals surface area contributed by atoms with Crippen LogP contribution in [0.4, 0.5) is 0 Å². The summed E-state index contributed by atoms with van der Waals surface area (Å²) >= 11 is 0. The van der Waals surface area contributed by atoms with Crippen molar-refractivity contribution in [2.75, 3.05) is 6.61 Å². The van der Waals surface area contributed by atoms with Gasteiger partial charge in [0.1, 0.15) is 28.8 Å². The van der Waals surface area contributed by atoms with E-state index in [2.05, 4.69) is 25.8 Å². The SMILES string of the molecule is CC(=O)OC[C@]1(C)C(C)CC[C@@]2(C)C1C[C@H](OC(=O)c1ccc(C(N)=O)cc1)[C@@]1(C)Oc3cc(-c4cccnc4)oc(=O)c3[C@H](O)C21. The van der Waals surface area contributed by atoms with Gasteiger partial charge in [-0.15, -0.1) is 0 Å². The molecule has 11 heteroatoms. The molecule has 2 aromatic heterocycles. The van der Waals surface area contributed by atoms with E-state index in [1.807, 2.05) is 6.92 Å². The Bertz CT molecular complexity index is 1770. The van der Waals surface area contributed by atoms with Gasteiger partial charge < -0.3 is 29.5 Å². The molecule has 8 atom stereocenters. The second-order valence-electron chi connectivity index (χ2n) is 14.0. The first-order valence-electron chi connectivity index (χ1n) is 15.9. The minimum atomic E-state index is -1.32. The van der Waals surface area contributed by atoms with Gasteiger partial charge in [-0.3, -0.25) is 14.6 Å². The summed E-state index contributed by atoms with van der Waals surface area (Å²) in [5.41, 5.74) is 3.21. The number of nitrogens with two attached hydrogens (primary N) is 1. The Morgan fingerprint density at radius 1 is 1.11 bits per heavy atom. The molecule has 0 spiro atoms. The first-order chi connectivity index (χ1) is 22.2. The molecule has 3 N–H and O–H groups in total. The maximum Gasteiger partial charge on any atom is 0.345 e. The Kier molecular flexibility index (Phi) is 8.02. The highest BCUT2D eigenvalue weighted by Crippen LogP contribution is 2.68. The highest BCUT2D eigenvalue weighted by Gasteiger charge is 2.70. The number of carbonyl (C=O) groups excluding carboxylic acids is 3. The summed E-state index contributed by atoms with van der Waals surface area (Å²) in [6, 6.07) is 10.9. The molecule has 1 aliphatic heterocycles. The molecule has 3 aliphatic rings. The zero-order valence-corrected chi connectivity index (χ0v) is 27.1. The van der Waals surface area contributed by atoms with Gasteiger partial charge in [-0.2, -0.15) is 0 Å². The second-order valence-corrected chi connectivity index (χ2v) is 14.0. The van der Waals surface area contributed by atoms with Crippen LogP contribution in [-0.4, -0.2) is 46.2 Å². The van der Waals surface area contributed by atoms with Crippen molar-refractivity contribution in [2.24, 2.45) is 34.3 Å². The molecule has 47 heavy (non-hydrogen) atoms. The number of ether oxygens (including phenoxy) is 3. The lowest BCUT2D eigenvalue weighted by Crippen LogP contribution is -2.70. The number of aromatic nitrogens is 1. The van der Waals surface area contributed by atoms with E-state index in [1.54, 1.807) is 30.6 Å². The summed E-state index contributed by atoms with van der Waals surface area (Å²) in [4.78, 5) is 55.0. The van der Waals surface area contributed by atoms with Gasteiger partial charge in [-0.25, -0.2) is 9.59 Å². The summed E-state index contributed by atoms with van der Waals surface area (Å²) < 4.78 is 24.4. The highest BCUT2D eigenvalue weighted by atomic mass is 16.6. The number of carbonyl (C=O) groups is 3. The van der Waals surface area contributed by atoms with Gasteiger partial charge >= 0.3 is 17.6 Å². The van der Waals surface area contributed by atoms with Crippen LogP contribution in [0.15, 0.2) is 64.1 Å². The summed E-state index contributed by atoms with van der Waals surface area (Å²) in [6.45, 7) is 9.62. The van der Waals surface area contributed by atoms with E-state index in [-0.39, 0.29) is 46.6 Å². The Morgan fingerprint density at radius 3 is 2.45 bits per heavy atom. The predicted octanol–water partition coefficient (Wildman–Crippen LogP) is 4.85. The van der Waals surface area contributed by atoms with Gasteiger partial charge in [0, 0.05) is 47.8 Å². The fourth-order valence-corrected chi connectivity index (χ4v) is 8.67. The first-order valence-corrected chi connectivity index (χ1v) is 15.9. The van der Waals surface area contributed by atoms with E-state index < -0.39 is 58.0 Å². The molecule has 2 aliphatic carbocycles. The minimum absolute atomic E-state index is 0.00872. The van der Waals surface area contributed by atoms with E-state index in [0.29, 0.717) is 18.4 Å². The maximum atomic E-state index is 13.7. The number of hydrogen-bond acceptors (Lipinski definition) is 10. The van der Waals surface area contributed by atoms with Crippen molar-refractivity contribution in [2.45, 2.75) is 71.7 Å². The van der Waals surface area contributed by atoms with Gasteiger partial charge in [-0.05, 0) is 79.8 Å². The number of aliphatic hydroxyl groups is 1. The molecular weight excluding hydrogens is 604 g/mol. The largest absolute Gasteiger partial charge is 0.482 e. The normalized spacial score (nSPS) is 32.5. The van der Waals surface area contributed by atoms with Gasteiger partial charge in [-0.1, -0.05) is 20.8 Å². The number of fused-ring (bicyclic) bond motifs is 4. The van der Waals surface area contributed by atoms with Gasteiger partial charge in [0.05, 0.1) is 18.3 Å². The monoisotopic (exact) mass is 644 g/mol. The van der Waals surface area contributed by atoms with Crippen LogP contribution in [0.2, 0.25) is 0 Å². The van der Waals surface area contributed by atoms with E-state index in [4.69, 9.17) is 24.4 Å². The van der Waals surface area contributed by atoms with Crippen LogP contribution in [0.1, 0.15) is 86.3 Å². The molecule has 248 valence electrons. The molecule has 2 fully saturated rings. The van der Waals surface area contributed by atoms with Crippen LogP contribution in [-0.2, 0) is 14.3 Å². The van der Waals surface area contributed by atoms with Gasteiger partial charge in [0.15, 0.2) is 0 Å². The van der Waals surface area contributed by atoms with E-state index in [0.717, 1.165) is 6.42 Å². The Morgan fingerprint density at radius 2 is 1.81 bits per heavy atom. The minimum Gasteiger partial charge on any atom is -0.482 e. The average Bonchev–Trinajstić information content (AvgIpc) is 3.03. The van der Waals surface area contributed by atoms with Gasteiger partial charge in [0.25, 0.3) is 0 Å². The lowest BCUT2D eigenvalue weighted by molar-refractivity contribution is -0.257. The lowest BCUT2D eigenvalue weighted by Gasteiger charge is -2.66. The fourth-order valence-electron chi connectivity index (χ4n) is 8.67. The smallest absolute Gasteiger partial charge is 0.345 e. The van der Waals surface area contributed by atoms with Crippen molar-refractivity contribution >= 4 is 17.8 Å². The van der Waals surface area contributed by atoms with Crippen molar-refractivity contribution in [3.8, 4) is 17.1 Å². The fraction of sp³-hybridized carbons (Fsp3) is 0.472. The summed E-state index contributed by atoms with van der Waals surface area (Å²) in [7, 11) is 0. The van der Waals surface area contributed by atoms with E-state index in [9.17, 15) is 24.3 Å². The predicted molar refractivity (Wildman–Crippen MR) is 169 cm³/mol. The number of primary amides is 1. The number of hydrogen-bond donors (Lipinski definition) is 2. The van der Waals surface area contributed by atoms with Crippen molar-refractivity contribution in [3.63, 3.8) is 0 Å². The number of benzene rings is 1. The summed E-state index contributed by atoms with van der Waals surface area (Å²) in [5, 5.41) is 12.3. The molecule has 0 saturated heterocycles. The molecule has 3 heterocycles. The molecule has 11 nitrogen and oxygen atoms in total. The number of esters is 2. The third-order valence-electron chi connectivity index (χ3n) is 11.3. The molecule has 0 bridgehead atoms. The molecule has 2 saturated carbocycles. The van der Waals surface area contributed by atoms with Crippen molar-refractivity contribution in [1.29, 1.82) is 0 Å². The zero-order valence-electron chi connectivity index (χ0n) is 27.1. The highest BCUT2D eigenvalue weighted by molar-refractivity contribution is 5.95. The zero-order chi connectivity index (χ0) is 33.9. The second kappa shape index (κ2) is 11.6. The third kappa shape index (κ3) is 5.30. The molecule has 3 aromatic rings. The van der Waals surface area contributed by atoms with Crippen LogP contribution in [0.25, 0.3) is 11.3 Å². The van der Waals surface area contributed by atoms with Crippen LogP contribution < -0.4 is 16.1 Å². The number of rotatable bonds is 6. The number of amides is 1. The Balaban J connectivity index is 1.48. The average molecular weight is 645 g/mol. The lowest BCUT2D eigenvalue weighted by atomic mass is 9.41. The number of pyridine rings is 1. The number of aliphatic hydroxyl groups excluding tert-OH is 1. The van der Waals surface area contributed by atoms with Crippen molar-refractivity contribution in [1.82, 2.24) is 4.98 Å². The van der Waals surface area contributed by atoms with Crippen LogP contribution >= 0.6 is 0 Å². The Labute approximate surface area is 272 Å². The van der Waals surface area contributed by atoms with Gasteiger partial charge in [0.2, 0.25) is 5.91 Å². The summed E-state index contributed by atoms with van der Waals surface area (Å²) in [5.74, 6) is -2.10. The van der Waals surface area contributed by atoms with E-state index in [1.165, 1.54) is 31.2 Å². The third-order valence-corrected chi connectivity index (χ3v) is 11.3. The van der Waals surface area contributed by atoms with E-state index >= 15 is 0 Å². The molecular formula is C36H40N2O9. The van der Waals surface area contributed by atoms with Crippen LogP contribution in [0, 0.1) is 28.6 Å². The molecule has 1 aromatic carbocycles. The van der Waals surface area contributed by atoms with Crippen LogP contribution in [0.5, 0.6) is 5.75 Å². The maximum absolute atomic E-state index is 13.7. The summed E-state index contributed by atoms with van der Waals surface area (Å²) in [6.07, 6.45) is 2.76. The topological polar surface area (TPSA) is 168 Å². The molecule has 6 rings (SSSR count). The molecule has 0 radical (unpaired) electrons. The molecule has 3 unspecified atom stereocenters. The van der Waals surface area contributed by atoms with Crippen LogP contribution in [0.3, 0.4) is 0 Å². The Hall–Kier alpha value is -4.51.